The van der Waals surface area contributed by atoms with Crippen LogP contribution in [0.15, 0.2) is 0 Å². The Kier molecular flexibility index (Phi) is 3.76. The van der Waals surface area contributed by atoms with Crippen LogP contribution < -0.4 is 5.32 Å². The molecule has 1 aliphatic carbocycles. The summed E-state index contributed by atoms with van der Waals surface area (Å²) in [4.78, 5) is 25.0. The molecular formula is C14H24N2O2. The number of hydrogen-bond acceptors (Lipinski definition) is 3. The lowest BCUT2D eigenvalue weighted by Crippen LogP contribution is -2.45. The van der Waals surface area contributed by atoms with Crippen LogP contribution in [0.25, 0.3) is 0 Å². The molecule has 1 N–H and O–H groups in total. The number of likely N-dealkylation sites (N-methyl/N-ethyl adjacent to an activating group) is 1. The van der Waals surface area contributed by atoms with E-state index in [1.165, 1.54) is 17.7 Å². The fraction of sp³-hybridized carbons (Fsp3) is 0.857. The zero-order valence-electron chi connectivity index (χ0n) is 11.7. The second kappa shape index (κ2) is 5.00. The molecule has 18 heavy (non-hydrogen) atoms. The van der Waals surface area contributed by atoms with Crippen molar-refractivity contribution in [3.63, 3.8) is 0 Å². The number of nitrogens with zero attached hydrogens (tertiary/aromatic N) is 1. The lowest BCUT2D eigenvalue weighted by atomic mass is 9.75. The highest BCUT2D eigenvalue weighted by Gasteiger charge is 2.39. The number of rotatable bonds is 3. The Balaban J connectivity index is 1.88. The quantitative estimate of drug-likeness (QED) is 0.778. The first-order valence-electron chi connectivity index (χ1n) is 7.03. The maximum Gasteiger partial charge on any atom is 0.246 e. The zero-order valence-corrected chi connectivity index (χ0v) is 11.7. The van der Waals surface area contributed by atoms with Gasteiger partial charge in [0.2, 0.25) is 11.8 Å². The molecule has 1 saturated heterocycles. The Hall–Kier alpha value is -0.900. The summed E-state index contributed by atoms with van der Waals surface area (Å²) in [5.41, 5.74) is 0.434. The van der Waals surface area contributed by atoms with Crippen LogP contribution in [0.4, 0.5) is 0 Å². The number of likely N-dealkylation sites (tertiary alicyclic amines) is 1. The van der Waals surface area contributed by atoms with Gasteiger partial charge >= 0.3 is 0 Å². The van der Waals surface area contributed by atoms with Gasteiger partial charge < -0.3 is 5.32 Å². The van der Waals surface area contributed by atoms with E-state index >= 15 is 0 Å². The van der Waals surface area contributed by atoms with Crippen LogP contribution in [0.1, 0.15) is 52.9 Å². The van der Waals surface area contributed by atoms with Gasteiger partial charge in [-0.2, -0.15) is 0 Å². The molecule has 2 rings (SSSR count). The Morgan fingerprint density at radius 3 is 2.39 bits per heavy atom. The summed E-state index contributed by atoms with van der Waals surface area (Å²) in [5, 5.41) is 3.39. The molecule has 0 spiro atoms. The number of carbonyl (C=O) groups is 2. The number of carbonyl (C=O) groups excluding carboxylic acids is 2. The minimum Gasteiger partial charge on any atom is -0.303 e. The van der Waals surface area contributed by atoms with E-state index in [-0.39, 0.29) is 17.9 Å². The fourth-order valence-electron chi connectivity index (χ4n) is 3.00. The van der Waals surface area contributed by atoms with E-state index in [9.17, 15) is 9.59 Å². The van der Waals surface area contributed by atoms with Crippen molar-refractivity contribution in [3.8, 4) is 0 Å². The van der Waals surface area contributed by atoms with Gasteiger partial charge in [-0.25, -0.2) is 0 Å². The third kappa shape index (κ3) is 2.74. The Morgan fingerprint density at radius 1 is 1.28 bits per heavy atom. The van der Waals surface area contributed by atoms with Crippen molar-refractivity contribution in [2.45, 2.75) is 65.0 Å². The van der Waals surface area contributed by atoms with Crippen LogP contribution in [0.5, 0.6) is 0 Å². The third-order valence-corrected chi connectivity index (χ3v) is 4.34. The molecule has 1 heterocycles. The molecule has 4 heteroatoms. The molecular weight excluding hydrogens is 228 g/mol. The van der Waals surface area contributed by atoms with Crippen LogP contribution in [0, 0.1) is 5.41 Å². The average Bonchev–Trinajstić information content (AvgIpc) is 2.57. The molecule has 0 radical (unpaired) electrons. The first kappa shape index (κ1) is 13.5. The van der Waals surface area contributed by atoms with E-state index in [1.807, 2.05) is 6.92 Å². The number of amides is 2. The summed E-state index contributed by atoms with van der Waals surface area (Å²) in [7, 11) is 0. The summed E-state index contributed by atoms with van der Waals surface area (Å²) in [6.45, 7) is 6.94. The molecule has 4 nitrogen and oxygen atoms in total. The summed E-state index contributed by atoms with van der Waals surface area (Å²) in [5.74, 6) is -0.0662. The number of nitrogens with one attached hydrogen (secondary N) is 1. The maximum absolute atomic E-state index is 12.0. The van der Waals surface area contributed by atoms with Crippen LogP contribution in [0.3, 0.4) is 0 Å². The van der Waals surface area contributed by atoms with E-state index in [0.717, 1.165) is 12.8 Å². The summed E-state index contributed by atoms with van der Waals surface area (Å²) in [6, 6.07) is 0.125. The van der Waals surface area contributed by atoms with Crippen molar-refractivity contribution in [2.75, 3.05) is 6.54 Å². The maximum atomic E-state index is 12.0. The summed E-state index contributed by atoms with van der Waals surface area (Å²) >= 11 is 0. The van der Waals surface area contributed by atoms with Gasteiger partial charge in [-0.1, -0.05) is 13.8 Å². The first-order chi connectivity index (χ1) is 8.43. The van der Waals surface area contributed by atoms with Crippen LogP contribution in [-0.4, -0.2) is 35.3 Å². The van der Waals surface area contributed by atoms with Gasteiger partial charge in [0.25, 0.3) is 0 Å². The molecule has 0 bridgehead atoms. The van der Waals surface area contributed by atoms with Crippen LogP contribution in [0.2, 0.25) is 0 Å². The molecule has 2 aliphatic rings. The summed E-state index contributed by atoms with van der Waals surface area (Å²) < 4.78 is 0. The largest absolute Gasteiger partial charge is 0.303 e. The van der Waals surface area contributed by atoms with Crippen molar-refractivity contribution in [1.82, 2.24) is 10.2 Å². The highest BCUT2D eigenvalue weighted by molar-refractivity contribution is 6.05. The zero-order chi connectivity index (χ0) is 13.3. The Morgan fingerprint density at radius 2 is 1.89 bits per heavy atom. The molecule has 1 saturated carbocycles. The smallest absolute Gasteiger partial charge is 0.246 e. The predicted molar refractivity (Wildman–Crippen MR) is 70.0 cm³/mol. The molecule has 1 unspecified atom stereocenters. The van der Waals surface area contributed by atoms with Crippen LogP contribution in [-0.2, 0) is 9.59 Å². The second-order valence-electron chi connectivity index (χ2n) is 6.34. The first-order valence-corrected chi connectivity index (χ1v) is 7.03. The van der Waals surface area contributed by atoms with Crippen LogP contribution >= 0.6 is 0 Å². The van der Waals surface area contributed by atoms with E-state index in [4.69, 9.17) is 0 Å². The lowest BCUT2D eigenvalue weighted by molar-refractivity contribution is -0.138. The molecule has 102 valence electrons. The molecule has 1 atom stereocenters. The SMILES string of the molecule is CCN1C(=O)CC(NC2CCC(C)(C)CC2)C1=O. The van der Waals surface area contributed by atoms with Crippen molar-refractivity contribution >= 4 is 11.8 Å². The molecule has 0 aromatic rings. The predicted octanol–water partition coefficient (Wildman–Crippen LogP) is 1.69. The van der Waals surface area contributed by atoms with Gasteiger partial charge in [0, 0.05) is 12.6 Å². The van der Waals surface area contributed by atoms with E-state index in [0.29, 0.717) is 24.4 Å². The van der Waals surface area contributed by atoms with E-state index in [1.54, 1.807) is 0 Å². The second-order valence-corrected chi connectivity index (χ2v) is 6.34. The monoisotopic (exact) mass is 252 g/mol. The average molecular weight is 252 g/mol. The highest BCUT2D eigenvalue weighted by atomic mass is 16.2. The van der Waals surface area contributed by atoms with E-state index in [2.05, 4.69) is 19.2 Å². The molecule has 0 aromatic heterocycles. The van der Waals surface area contributed by atoms with E-state index < -0.39 is 0 Å². The van der Waals surface area contributed by atoms with Crippen molar-refractivity contribution in [2.24, 2.45) is 5.41 Å². The molecule has 2 amide bonds. The van der Waals surface area contributed by atoms with Gasteiger partial charge in [0.05, 0.1) is 12.5 Å². The molecule has 2 fully saturated rings. The minimum absolute atomic E-state index is 0.0314. The topological polar surface area (TPSA) is 49.4 Å². The highest BCUT2D eigenvalue weighted by Crippen LogP contribution is 2.35. The molecule has 0 aromatic carbocycles. The molecule has 1 aliphatic heterocycles. The van der Waals surface area contributed by atoms with Gasteiger partial charge in [-0.15, -0.1) is 0 Å². The standard InChI is InChI=1S/C14H24N2O2/c1-4-16-12(17)9-11(13(16)18)15-10-5-7-14(2,3)8-6-10/h10-11,15H,4-9H2,1-3H3. The normalized spacial score (nSPS) is 29.1. The van der Waals surface area contributed by atoms with Gasteiger partial charge in [-0.3, -0.25) is 14.5 Å². The fourth-order valence-corrected chi connectivity index (χ4v) is 3.00. The Bertz CT molecular complexity index is 342. The minimum atomic E-state index is -0.274. The lowest BCUT2D eigenvalue weighted by Gasteiger charge is -2.35. The van der Waals surface area contributed by atoms with Gasteiger partial charge in [-0.05, 0) is 38.0 Å². The number of imide groups is 1. The van der Waals surface area contributed by atoms with Crippen molar-refractivity contribution in [3.05, 3.63) is 0 Å². The van der Waals surface area contributed by atoms with Gasteiger partial charge in [0.1, 0.15) is 0 Å². The Labute approximate surface area is 109 Å². The third-order valence-electron chi connectivity index (χ3n) is 4.34. The summed E-state index contributed by atoms with van der Waals surface area (Å²) in [6.07, 6.45) is 4.94. The van der Waals surface area contributed by atoms with Crippen molar-refractivity contribution in [1.29, 1.82) is 0 Å². The van der Waals surface area contributed by atoms with Crippen molar-refractivity contribution < 1.29 is 9.59 Å². The number of hydrogen-bond donors (Lipinski definition) is 1. The van der Waals surface area contributed by atoms with Gasteiger partial charge in [0.15, 0.2) is 0 Å².